The molecule has 1 heterocycles. The van der Waals surface area contributed by atoms with Crippen LogP contribution in [0.25, 0.3) is 0 Å². The van der Waals surface area contributed by atoms with Crippen molar-refractivity contribution in [2.75, 3.05) is 11.9 Å². The maximum Gasteiger partial charge on any atom is 0.332 e. The number of carboxylic acids is 1. The van der Waals surface area contributed by atoms with Crippen molar-refractivity contribution in [2.45, 2.75) is 25.0 Å². The summed E-state index contributed by atoms with van der Waals surface area (Å²) in [5, 5.41) is 22.1. The van der Waals surface area contributed by atoms with E-state index < -0.39 is 40.4 Å². The molecule has 1 saturated heterocycles. The lowest BCUT2D eigenvalue weighted by molar-refractivity contribution is -0.386. The van der Waals surface area contributed by atoms with Crippen LogP contribution in [0.4, 0.5) is 20.2 Å². The van der Waals surface area contributed by atoms with Crippen molar-refractivity contribution in [2.24, 2.45) is 0 Å². The number of carbonyl (C=O) groups is 1. The number of nitrogens with one attached hydrogen (secondary N) is 1. The maximum absolute atomic E-state index is 13.4. The average Bonchev–Trinajstić information content (AvgIpc) is 2.83. The Labute approximate surface area is 117 Å². The van der Waals surface area contributed by atoms with Crippen LogP contribution in [-0.2, 0) is 9.53 Å². The van der Waals surface area contributed by atoms with Crippen LogP contribution in [0.1, 0.15) is 12.8 Å². The van der Waals surface area contributed by atoms with Crippen LogP contribution in [0.15, 0.2) is 12.1 Å². The normalized spacial score (nSPS) is 21.2. The Bertz CT molecular complexity index is 581. The second kappa shape index (κ2) is 6.00. The highest BCUT2D eigenvalue weighted by atomic mass is 19.1. The fourth-order valence-electron chi connectivity index (χ4n) is 2.15. The number of rotatable bonds is 5. The number of nitro benzene ring substituents is 1. The molecule has 21 heavy (non-hydrogen) atoms. The molecule has 9 heteroatoms. The summed E-state index contributed by atoms with van der Waals surface area (Å²) in [5.41, 5.74) is -1.16. The molecule has 7 nitrogen and oxygen atoms in total. The van der Waals surface area contributed by atoms with E-state index in [1.807, 2.05) is 0 Å². The molecule has 0 spiro atoms. The lowest BCUT2D eigenvalue weighted by atomic mass is 10.2. The van der Waals surface area contributed by atoms with Gasteiger partial charge in [-0.05, 0) is 12.8 Å². The van der Waals surface area contributed by atoms with Gasteiger partial charge in [-0.2, -0.15) is 4.39 Å². The van der Waals surface area contributed by atoms with Crippen molar-refractivity contribution in [3.8, 4) is 0 Å². The lowest BCUT2D eigenvalue weighted by Crippen LogP contribution is -2.24. The van der Waals surface area contributed by atoms with Crippen LogP contribution < -0.4 is 5.32 Å². The summed E-state index contributed by atoms with van der Waals surface area (Å²) in [6, 6.07) is 1.24. The zero-order valence-electron chi connectivity index (χ0n) is 10.7. The summed E-state index contributed by atoms with van der Waals surface area (Å²) < 4.78 is 31.7. The van der Waals surface area contributed by atoms with E-state index in [0.29, 0.717) is 18.9 Å². The average molecular weight is 302 g/mol. The second-order valence-electron chi connectivity index (χ2n) is 4.58. The Morgan fingerprint density at radius 2 is 2.19 bits per heavy atom. The van der Waals surface area contributed by atoms with Gasteiger partial charge in [0.1, 0.15) is 11.5 Å². The van der Waals surface area contributed by atoms with Gasteiger partial charge in [-0.25, -0.2) is 9.18 Å². The van der Waals surface area contributed by atoms with Crippen molar-refractivity contribution in [1.29, 1.82) is 0 Å². The largest absolute Gasteiger partial charge is 0.479 e. The van der Waals surface area contributed by atoms with Gasteiger partial charge < -0.3 is 15.2 Å². The predicted octanol–water partition coefficient (Wildman–Crippen LogP) is 1.92. The number of benzene rings is 1. The Hall–Kier alpha value is -2.29. The van der Waals surface area contributed by atoms with Crippen molar-refractivity contribution < 1.29 is 28.3 Å². The zero-order valence-corrected chi connectivity index (χ0v) is 10.7. The van der Waals surface area contributed by atoms with E-state index in [1.165, 1.54) is 0 Å². The highest BCUT2D eigenvalue weighted by molar-refractivity contribution is 5.72. The number of carboxylic acid groups (broad SMARTS) is 1. The number of nitrogens with zero attached hydrogens (tertiary/aromatic N) is 1. The van der Waals surface area contributed by atoms with E-state index in [1.54, 1.807) is 0 Å². The van der Waals surface area contributed by atoms with E-state index in [9.17, 15) is 23.7 Å². The monoisotopic (exact) mass is 302 g/mol. The first-order valence-electron chi connectivity index (χ1n) is 6.14. The molecule has 2 unspecified atom stereocenters. The van der Waals surface area contributed by atoms with Crippen molar-refractivity contribution in [3.05, 3.63) is 33.9 Å². The van der Waals surface area contributed by atoms with Crippen LogP contribution in [0.2, 0.25) is 0 Å². The van der Waals surface area contributed by atoms with E-state index in [4.69, 9.17) is 9.84 Å². The van der Waals surface area contributed by atoms with Gasteiger partial charge in [0.2, 0.25) is 5.82 Å². The molecule has 2 rings (SSSR count). The van der Waals surface area contributed by atoms with Crippen LogP contribution >= 0.6 is 0 Å². The third kappa shape index (κ3) is 3.43. The molecule has 1 aliphatic rings. The molecular weight excluding hydrogens is 290 g/mol. The van der Waals surface area contributed by atoms with Crippen molar-refractivity contribution in [3.63, 3.8) is 0 Å². The summed E-state index contributed by atoms with van der Waals surface area (Å²) in [6.07, 6.45) is -0.648. The molecule has 2 atom stereocenters. The predicted molar refractivity (Wildman–Crippen MR) is 67.0 cm³/mol. The standard InChI is InChI=1S/C12H12F2N2O5/c13-6-3-8(14)11(16(19)20)9(4-6)15-5-7-1-2-10(21-7)12(17)18/h3-4,7,10,15H,1-2,5H2,(H,17,18). The minimum atomic E-state index is -1.28. The third-order valence-corrected chi connectivity index (χ3v) is 3.11. The molecule has 0 bridgehead atoms. The highest BCUT2D eigenvalue weighted by Crippen LogP contribution is 2.29. The van der Waals surface area contributed by atoms with E-state index in [-0.39, 0.29) is 12.2 Å². The molecule has 114 valence electrons. The molecule has 0 amide bonds. The van der Waals surface area contributed by atoms with Crippen molar-refractivity contribution in [1.82, 2.24) is 0 Å². The number of halogens is 2. The minimum Gasteiger partial charge on any atom is -0.479 e. The quantitative estimate of drug-likeness (QED) is 0.636. The maximum atomic E-state index is 13.4. The molecule has 0 radical (unpaired) electrons. The number of hydrogen-bond donors (Lipinski definition) is 2. The first-order chi connectivity index (χ1) is 9.88. The summed E-state index contributed by atoms with van der Waals surface area (Å²) in [6.45, 7) is 0.0213. The van der Waals surface area contributed by atoms with E-state index >= 15 is 0 Å². The Morgan fingerprint density at radius 3 is 2.76 bits per heavy atom. The number of aliphatic carboxylic acids is 1. The van der Waals surface area contributed by atoms with Gasteiger partial charge in [-0.3, -0.25) is 10.1 Å². The Morgan fingerprint density at radius 1 is 1.48 bits per heavy atom. The Kier molecular flexibility index (Phi) is 4.32. The minimum absolute atomic E-state index is 0.0213. The van der Waals surface area contributed by atoms with Gasteiger partial charge in [0, 0.05) is 18.7 Å². The number of hydrogen-bond acceptors (Lipinski definition) is 5. The van der Waals surface area contributed by atoms with Crippen LogP contribution in [0.3, 0.4) is 0 Å². The number of nitro groups is 1. The SMILES string of the molecule is O=C(O)C1CCC(CNc2cc(F)cc(F)c2[N+](=O)[O-])O1. The molecule has 0 aromatic heterocycles. The molecule has 0 aliphatic carbocycles. The fourth-order valence-corrected chi connectivity index (χ4v) is 2.15. The topological polar surface area (TPSA) is 102 Å². The summed E-state index contributed by atoms with van der Waals surface area (Å²) >= 11 is 0. The van der Waals surface area contributed by atoms with E-state index in [2.05, 4.69) is 5.32 Å². The number of anilines is 1. The summed E-state index contributed by atoms with van der Waals surface area (Å²) in [5.74, 6) is -3.31. The molecule has 0 saturated carbocycles. The molecule has 2 N–H and O–H groups in total. The third-order valence-electron chi connectivity index (χ3n) is 3.11. The first kappa shape index (κ1) is 15.1. The molecule has 1 aromatic carbocycles. The molecule has 1 aliphatic heterocycles. The molecular formula is C12H12F2N2O5. The van der Waals surface area contributed by atoms with Gasteiger partial charge in [0.05, 0.1) is 11.0 Å². The second-order valence-corrected chi connectivity index (χ2v) is 4.58. The molecule has 1 aromatic rings. The van der Waals surface area contributed by atoms with Gasteiger partial charge in [0.25, 0.3) is 0 Å². The smallest absolute Gasteiger partial charge is 0.332 e. The van der Waals surface area contributed by atoms with Crippen LogP contribution in [0, 0.1) is 21.7 Å². The van der Waals surface area contributed by atoms with Gasteiger partial charge in [-0.1, -0.05) is 0 Å². The highest BCUT2D eigenvalue weighted by Gasteiger charge is 2.31. The number of ether oxygens (including phenoxy) is 1. The van der Waals surface area contributed by atoms with Crippen molar-refractivity contribution >= 4 is 17.3 Å². The van der Waals surface area contributed by atoms with Gasteiger partial charge in [0.15, 0.2) is 6.10 Å². The fraction of sp³-hybridized carbons (Fsp3) is 0.417. The summed E-state index contributed by atoms with van der Waals surface area (Å²) in [4.78, 5) is 20.6. The lowest BCUT2D eigenvalue weighted by Gasteiger charge is -2.13. The van der Waals surface area contributed by atoms with Gasteiger partial charge in [-0.15, -0.1) is 0 Å². The van der Waals surface area contributed by atoms with E-state index in [0.717, 1.165) is 6.07 Å². The Balaban J connectivity index is 2.07. The zero-order chi connectivity index (χ0) is 15.6. The van der Waals surface area contributed by atoms with Crippen LogP contribution in [0.5, 0.6) is 0 Å². The van der Waals surface area contributed by atoms with Crippen LogP contribution in [-0.4, -0.2) is 34.8 Å². The molecule has 1 fully saturated rings. The van der Waals surface area contributed by atoms with Gasteiger partial charge >= 0.3 is 11.7 Å². The summed E-state index contributed by atoms with van der Waals surface area (Å²) in [7, 11) is 0. The first-order valence-corrected chi connectivity index (χ1v) is 6.14.